The normalized spacial score (nSPS) is 17.2. The van der Waals surface area contributed by atoms with Gasteiger partial charge in [0.15, 0.2) is 16.8 Å². The highest BCUT2D eigenvalue weighted by Crippen LogP contribution is 2.27. The van der Waals surface area contributed by atoms with Gasteiger partial charge < -0.3 is 0 Å². The third-order valence-corrected chi connectivity index (χ3v) is 5.06. The molecule has 1 N–H and O–H groups in total. The number of halogens is 2. The van der Waals surface area contributed by atoms with Gasteiger partial charge in [-0.3, -0.25) is 14.8 Å². The standard InChI is InChI=1S/C18H17ClFN7O/c1-10-7-22-23-9-13(10)16-24-18(26-25-16)27-4-2-3-12(17(27)28)5-11-6-14(20)15(19)21-8-11/h6-9,12H,2-5H2,1H3,(H,24,25,26). The summed E-state index contributed by atoms with van der Waals surface area (Å²) in [7, 11) is 0. The van der Waals surface area contributed by atoms with E-state index in [2.05, 4.69) is 30.4 Å². The van der Waals surface area contributed by atoms with Crippen molar-refractivity contribution in [3.63, 3.8) is 0 Å². The van der Waals surface area contributed by atoms with Gasteiger partial charge in [0.05, 0.1) is 12.4 Å². The van der Waals surface area contributed by atoms with Crippen LogP contribution in [0, 0.1) is 18.7 Å². The van der Waals surface area contributed by atoms with E-state index >= 15 is 0 Å². The van der Waals surface area contributed by atoms with Crippen LogP contribution in [0.2, 0.25) is 5.15 Å². The number of carbonyl (C=O) groups excluding carboxylic acids is 1. The Kier molecular flexibility index (Phi) is 4.99. The quantitative estimate of drug-likeness (QED) is 0.674. The summed E-state index contributed by atoms with van der Waals surface area (Å²) in [4.78, 5) is 22.8. The summed E-state index contributed by atoms with van der Waals surface area (Å²) in [6.45, 7) is 2.43. The molecule has 1 aliphatic heterocycles. The minimum Gasteiger partial charge on any atom is -0.279 e. The van der Waals surface area contributed by atoms with Gasteiger partial charge in [0.25, 0.3) is 5.95 Å². The molecule has 0 aromatic carbocycles. The molecular weight excluding hydrogens is 385 g/mol. The van der Waals surface area contributed by atoms with Crippen molar-refractivity contribution in [3.8, 4) is 11.4 Å². The van der Waals surface area contributed by atoms with Gasteiger partial charge in [-0.15, -0.1) is 5.10 Å². The van der Waals surface area contributed by atoms with Crippen molar-refractivity contribution in [2.45, 2.75) is 26.2 Å². The van der Waals surface area contributed by atoms with Crippen molar-refractivity contribution in [2.75, 3.05) is 11.4 Å². The van der Waals surface area contributed by atoms with Crippen LogP contribution in [0.15, 0.2) is 24.7 Å². The van der Waals surface area contributed by atoms with E-state index in [9.17, 15) is 9.18 Å². The van der Waals surface area contributed by atoms with Gasteiger partial charge in [0.2, 0.25) is 5.91 Å². The Balaban J connectivity index is 1.53. The molecule has 0 spiro atoms. The number of aromatic nitrogens is 6. The van der Waals surface area contributed by atoms with Crippen LogP contribution in [0.1, 0.15) is 24.0 Å². The second kappa shape index (κ2) is 7.59. The number of rotatable bonds is 4. The SMILES string of the molecule is Cc1cnncc1-c1nc(N2CCCC(Cc3cnc(Cl)c(F)c3)C2=O)n[nH]1. The van der Waals surface area contributed by atoms with Gasteiger partial charge in [-0.25, -0.2) is 9.37 Å². The van der Waals surface area contributed by atoms with E-state index in [1.54, 1.807) is 17.3 Å². The highest BCUT2D eigenvalue weighted by Gasteiger charge is 2.32. The van der Waals surface area contributed by atoms with Crippen LogP contribution in [0.25, 0.3) is 11.4 Å². The summed E-state index contributed by atoms with van der Waals surface area (Å²) in [5.41, 5.74) is 2.31. The van der Waals surface area contributed by atoms with Gasteiger partial charge >= 0.3 is 0 Å². The second-order valence-electron chi connectivity index (χ2n) is 6.72. The van der Waals surface area contributed by atoms with Crippen LogP contribution in [-0.2, 0) is 11.2 Å². The van der Waals surface area contributed by atoms with E-state index in [0.717, 1.165) is 17.5 Å². The number of aromatic amines is 1. The van der Waals surface area contributed by atoms with Gasteiger partial charge in [0, 0.05) is 24.2 Å². The maximum absolute atomic E-state index is 13.6. The van der Waals surface area contributed by atoms with Crippen LogP contribution >= 0.6 is 11.6 Å². The molecule has 3 aromatic heterocycles. The van der Waals surface area contributed by atoms with Crippen molar-refractivity contribution < 1.29 is 9.18 Å². The number of aryl methyl sites for hydroxylation is 1. The number of carbonyl (C=O) groups is 1. The summed E-state index contributed by atoms with van der Waals surface area (Å²) < 4.78 is 13.6. The van der Waals surface area contributed by atoms with E-state index in [1.807, 2.05) is 6.92 Å². The summed E-state index contributed by atoms with van der Waals surface area (Å²) in [5, 5.41) is 14.6. The van der Waals surface area contributed by atoms with E-state index in [-0.39, 0.29) is 17.0 Å². The Hall–Kier alpha value is -2.94. The summed E-state index contributed by atoms with van der Waals surface area (Å²) in [5.74, 6) is -0.110. The predicted molar refractivity (Wildman–Crippen MR) is 100 cm³/mol. The monoisotopic (exact) mass is 401 g/mol. The number of hydrogen-bond donors (Lipinski definition) is 1. The van der Waals surface area contributed by atoms with Crippen LogP contribution < -0.4 is 4.90 Å². The van der Waals surface area contributed by atoms with Crippen LogP contribution in [0.5, 0.6) is 0 Å². The number of anilines is 1. The summed E-state index contributed by atoms with van der Waals surface area (Å²) in [6, 6.07) is 1.33. The zero-order valence-corrected chi connectivity index (χ0v) is 15.8. The number of piperidine rings is 1. The second-order valence-corrected chi connectivity index (χ2v) is 7.08. The average Bonchev–Trinajstić information content (AvgIpc) is 3.16. The Morgan fingerprint density at radius 2 is 2.14 bits per heavy atom. The van der Waals surface area contributed by atoms with E-state index in [0.29, 0.717) is 36.7 Å². The lowest BCUT2D eigenvalue weighted by Crippen LogP contribution is -2.42. The minimum atomic E-state index is -0.584. The highest BCUT2D eigenvalue weighted by molar-refractivity contribution is 6.29. The zero-order valence-electron chi connectivity index (χ0n) is 15.1. The minimum absolute atomic E-state index is 0.0864. The molecule has 1 saturated heterocycles. The van der Waals surface area contributed by atoms with Crippen LogP contribution in [-0.4, -0.2) is 42.8 Å². The molecule has 4 heterocycles. The Morgan fingerprint density at radius 1 is 1.32 bits per heavy atom. The first kappa shape index (κ1) is 18.4. The smallest absolute Gasteiger partial charge is 0.251 e. The predicted octanol–water partition coefficient (Wildman–Crippen LogP) is 2.74. The topological polar surface area (TPSA) is 101 Å². The summed E-state index contributed by atoms with van der Waals surface area (Å²) >= 11 is 5.63. The number of amides is 1. The Morgan fingerprint density at radius 3 is 2.93 bits per heavy atom. The fourth-order valence-corrected chi connectivity index (χ4v) is 3.42. The maximum atomic E-state index is 13.6. The zero-order chi connectivity index (χ0) is 19.7. The first-order valence-corrected chi connectivity index (χ1v) is 9.22. The van der Waals surface area contributed by atoms with E-state index in [1.165, 1.54) is 12.3 Å². The lowest BCUT2D eigenvalue weighted by atomic mass is 9.91. The molecule has 28 heavy (non-hydrogen) atoms. The molecule has 0 saturated carbocycles. The van der Waals surface area contributed by atoms with Crippen LogP contribution in [0.4, 0.5) is 10.3 Å². The third kappa shape index (κ3) is 3.57. The van der Waals surface area contributed by atoms with Crippen molar-refractivity contribution in [2.24, 2.45) is 5.92 Å². The van der Waals surface area contributed by atoms with E-state index < -0.39 is 5.82 Å². The van der Waals surface area contributed by atoms with Crippen molar-refractivity contribution in [1.82, 2.24) is 30.4 Å². The maximum Gasteiger partial charge on any atom is 0.251 e. The molecule has 3 aromatic rings. The van der Waals surface area contributed by atoms with Gasteiger partial charge in [-0.1, -0.05) is 11.6 Å². The Bertz CT molecular complexity index is 1020. The van der Waals surface area contributed by atoms with Gasteiger partial charge in [-0.2, -0.15) is 15.2 Å². The van der Waals surface area contributed by atoms with Crippen molar-refractivity contribution >= 4 is 23.5 Å². The molecule has 1 aliphatic rings. The Labute approximate surface area is 165 Å². The molecule has 1 amide bonds. The largest absolute Gasteiger partial charge is 0.279 e. The molecule has 1 atom stereocenters. The molecule has 144 valence electrons. The number of nitrogens with zero attached hydrogens (tertiary/aromatic N) is 6. The molecular formula is C18H17ClFN7O. The molecule has 0 radical (unpaired) electrons. The van der Waals surface area contributed by atoms with Gasteiger partial charge in [0.1, 0.15) is 0 Å². The fourth-order valence-electron chi connectivity index (χ4n) is 3.32. The average molecular weight is 402 g/mol. The van der Waals surface area contributed by atoms with Crippen LogP contribution in [0.3, 0.4) is 0 Å². The molecule has 1 unspecified atom stereocenters. The van der Waals surface area contributed by atoms with E-state index in [4.69, 9.17) is 11.6 Å². The van der Waals surface area contributed by atoms with Crippen molar-refractivity contribution in [3.05, 3.63) is 46.8 Å². The van der Waals surface area contributed by atoms with Crippen molar-refractivity contribution in [1.29, 1.82) is 0 Å². The third-order valence-electron chi connectivity index (χ3n) is 4.78. The molecule has 0 bridgehead atoms. The molecule has 0 aliphatic carbocycles. The fraction of sp³-hybridized carbons (Fsp3) is 0.333. The highest BCUT2D eigenvalue weighted by atomic mass is 35.5. The number of pyridine rings is 1. The number of nitrogens with one attached hydrogen (secondary N) is 1. The first-order chi connectivity index (χ1) is 13.5. The lowest BCUT2D eigenvalue weighted by molar-refractivity contribution is -0.123. The summed E-state index contributed by atoms with van der Waals surface area (Å²) in [6.07, 6.45) is 6.65. The number of hydrogen-bond acceptors (Lipinski definition) is 6. The molecule has 4 rings (SSSR count). The number of H-pyrrole nitrogens is 1. The lowest BCUT2D eigenvalue weighted by Gasteiger charge is -2.29. The first-order valence-electron chi connectivity index (χ1n) is 8.84. The molecule has 1 fully saturated rings. The van der Waals surface area contributed by atoms with Gasteiger partial charge in [-0.05, 0) is 43.4 Å². The molecule has 10 heteroatoms. The molecule has 8 nitrogen and oxygen atoms in total.